The number of aromatic nitrogens is 1. The van der Waals surface area contributed by atoms with Gasteiger partial charge in [0.1, 0.15) is 11.4 Å². The third-order valence-corrected chi connectivity index (χ3v) is 3.76. The van der Waals surface area contributed by atoms with Crippen LogP contribution >= 0.6 is 15.9 Å². The molecule has 0 aliphatic rings. The van der Waals surface area contributed by atoms with Gasteiger partial charge < -0.3 is 9.72 Å². The molecule has 3 N–H and O–H groups in total. The van der Waals surface area contributed by atoms with Crippen LogP contribution in [0.25, 0.3) is 0 Å². The average molecular weight is 394 g/mol. The third kappa shape index (κ3) is 5.13. The number of hydrogen-bond donors (Lipinski definition) is 3. The smallest absolute Gasteiger partial charge is 0.286 e. The lowest BCUT2D eigenvalue weighted by molar-refractivity contribution is -0.123. The number of hydrazine groups is 1. The molecule has 0 atom stereocenters. The Bertz CT molecular complexity index is 717. The van der Waals surface area contributed by atoms with E-state index < -0.39 is 11.8 Å². The molecule has 2 amide bonds. The Labute approximate surface area is 149 Å². The maximum atomic E-state index is 11.7. The van der Waals surface area contributed by atoms with E-state index in [2.05, 4.69) is 52.5 Å². The highest BCUT2D eigenvalue weighted by Gasteiger charge is 2.13. The van der Waals surface area contributed by atoms with Crippen molar-refractivity contribution in [3.05, 3.63) is 52.3 Å². The Morgan fingerprint density at radius 2 is 1.83 bits per heavy atom. The minimum atomic E-state index is -0.450. The first-order chi connectivity index (χ1) is 11.3. The molecule has 2 aromatic rings. The fraction of sp³-hybridized carbons (Fsp3) is 0.294. The van der Waals surface area contributed by atoms with Crippen LogP contribution in [-0.4, -0.2) is 23.4 Å². The van der Waals surface area contributed by atoms with E-state index in [4.69, 9.17) is 4.74 Å². The molecule has 0 aliphatic carbocycles. The molecule has 7 heteroatoms. The van der Waals surface area contributed by atoms with Crippen LogP contribution in [-0.2, 0) is 10.2 Å². The summed E-state index contributed by atoms with van der Waals surface area (Å²) >= 11 is 3.23. The summed E-state index contributed by atoms with van der Waals surface area (Å²) in [4.78, 5) is 26.2. The predicted molar refractivity (Wildman–Crippen MR) is 94.7 cm³/mol. The molecule has 1 aromatic carbocycles. The van der Waals surface area contributed by atoms with Crippen LogP contribution in [0.3, 0.4) is 0 Å². The summed E-state index contributed by atoms with van der Waals surface area (Å²) in [5.41, 5.74) is 6.18. The van der Waals surface area contributed by atoms with Crippen LogP contribution in [0.4, 0.5) is 0 Å². The van der Waals surface area contributed by atoms with Crippen LogP contribution in [0.5, 0.6) is 5.75 Å². The molecule has 0 aliphatic heterocycles. The van der Waals surface area contributed by atoms with Crippen molar-refractivity contribution in [3.63, 3.8) is 0 Å². The van der Waals surface area contributed by atoms with E-state index in [0.717, 1.165) is 4.47 Å². The van der Waals surface area contributed by atoms with E-state index in [9.17, 15) is 9.59 Å². The van der Waals surface area contributed by atoms with Gasteiger partial charge in [-0.3, -0.25) is 20.4 Å². The maximum Gasteiger partial charge on any atom is 0.286 e. The van der Waals surface area contributed by atoms with Gasteiger partial charge in [0.25, 0.3) is 11.8 Å². The highest BCUT2D eigenvalue weighted by atomic mass is 79.9. The fourth-order valence-electron chi connectivity index (χ4n) is 1.93. The number of H-pyrrole nitrogens is 1. The van der Waals surface area contributed by atoms with E-state index in [-0.39, 0.29) is 12.0 Å². The van der Waals surface area contributed by atoms with Gasteiger partial charge in [0.05, 0.1) is 0 Å². The van der Waals surface area contributed by atoms with Gasteiger partial charge in [-0.2, -0.15) is 0 Å². The van der Waals surface area contributed by atoms with Crippen molar-refractivity contribution in [2.24, 2.45) is 0 Å². The number of carbonyl (C=O) groups is 2. The molecule has 6 nitrogen and oxygen atoms in total. The monoisotopic (exact) mass is 393 g/mol. The number of rotatable bonds is 4. The second kappa shape index (κ2) is 7.53. The molecule has 1 heterocycles. The van der Waals surface area contributed by atoms with E-state index in [1.54, 1.807) is 12.3 Å². The highest BCUT2D eigenvalue weighted by Crippen LogP contribution is 2.24. The first-order valence-corrected chi connectivity index (χ1v) is 8.21. The van der Waals surface area contributed by atoms with Crippen molar-refractivity contribution in [2.75, 3.05) is 6.61 Å². The Morgan fingerprint density at radius 1 is 1.17 bits per heavy atom. The van der Waals surface area contributed by atoms with Crippen molar-refractivity contribution >= 4 is 27.7 Å². The zero-order valence-corrected chi connectivity index (χ0v) is 15.4. The number of benzene rings is 1. The van der Waals surface area contributed by atoms with Gasteiger partial charge in [0, 0.05) is 10.7 Å². The molecule has 2 rings (SSSR count). The van der Waals surface area contributed by atoms with Crippen LogP contribution in [0.2, 0.25) is 0 Å². The van der Waals surface area contributed by atoms with Crippen molar-refractivity contribution in [1.29, 1.82) is 0 Å². The summed E-state index contributed by atoms with van der Waals surface area (Å²) in [5.74, 6) is -0.296. The molecule has 1 aromatic heterocycles. The molecule has 24 heavy (non-hydrogen) atoms. The highest BCUT2D eigenvalue weighted by molar-refractivity contribution is 9.10. The van der Waals surface area contributed by atoms with Crippen molar-refractivity contribution in [2.45, 2.75) is 26.2 Å². The van der Waals surface area contributed by atoms with E-state index in [0.29, 0.717) is 11.4 Å². The number of amides is 2. The minimum Gasteiger partial charge on any atom is -0.484 e. The Hall–Kier alpha value is -2.28. The largest absolute Gasteiger partial charge is 0.484 e. The topological polar surface area (TPSA) is 83.2 Å². The molecule has 0 bridgehead atoms. The van der Waals surface area contributed by atoms with Crippen LogP contribution in [0.1, 0.15) is 36.8 Å². The first kappa shape index (κ1) is 18.1. The first-order valence-electron chi connectivity index (χ1n) is 7.42. The van der Waals surface area contributed by atoms with Gasteiger partial charge in [-0.1, -0.05) is 32.9 Å². The van der Waals surface area contributed by atoms with Crippen LogP contribution in [0.15, 0.2) is 41.0 Å². The number of ether oxygens (including phenoxy) is 1. The van der Waals surface area contributed by atoms with Gasteiger partial charge in [0.2, 0.25) is 0 Å². The maximum absolute atomic E-state index is 11.7. The van der Waals surface area contributed by atoms with Crippen molar-refractivity contribution in [1.82, 2.24) is 15.8 Å². The van der Waals surface area contributed by atoms with Crippen molar-refractivity contribution < 1.29 is 14.3 Å². The lowest BCUT2D eigenvalue weighted by Crippen LogP contribution is -2.43. The van der Waals surface area contributed by atoms with Gasteiger partial charge >= 0.3 is 0 Å². The molecular weight excluding hydrogens is 374 g/mol. The molecule has 0 saturated carbocycles. The average Bonchev–Trinajstić information content (AvgIpc) is 2.96. The number of nitrogens with one attached hydrogen (secondary N) is 3. The Balaban J connectivity index is 1.78. The number of hydrogen-bond acceptors (Lipinski definition) is 3. The number of halogens is 1. The van der Waals surface area contributed by atoms with Gasteiger partial charge in [-0.15, -0.1) is 0 Å². The van der Waals surface area contributed by atoms with Crippen molar-refractivity contribution in [3.8, 4) is 5.75 Å². The predicted octanol–water partition coefficient (Wildman–Crippen LogP) is 2.91. The van der Waals surface area contributed by atoms with E-state index in [1.165, 1.54) is 5.56 Å². The number of carbonyl (C=O) groups excluding carboxylic acids is 2. The zero-order valence-electron chi connectivity index (χ0n) is 13.8. The lowest BCUT2D eigenvalue weighted by atomic mass is 9.87. The van der Waals surface area contributed by atoms with E-state index >= 15 is 0 Å². The molecule has 0 spiro atoms. The van der Waals surface area contributed by atoms with Gasteiger partial charge in [-0.05, 0) is 45.1 Å². The zero-order chi connectivity index (χ0) is 17.7. The van der Waals surface area contributed by atoms with Crippen LogP contribution in [0, 0.1) is 0 Å². The standard InChI is InChI=1S/C17H20BrN3O3/c1-17(2,3)11-4-6-13(7-5-11)24-10-15(22)20-21-16(23)14-8-12(18)9-19-14/h4-9,19H,10H2,1-3H3,(H,20,22)(H,21,23). The molecule has 0 saturated heterocycles. The summed E-state index contributed by atoms with van der Waals surface area (Å²) in [6.45, 7) is 6.19. The van der Waals surface area contributed by atoms with Gasteiger partial charge in [0.15, 0.2) is 6.61 Å². The third-order valence-electron chi connectivity index (χ3n) is 3.30. The molecule has 0 unspecified atom stereocenters. The SMILES string of the molecule is CC(C)(C)c1ccc(OCC(=O)NNC(=O)c2cc(Br)c[nH]2)cc1. The summed E-state index contributed by atoms with van der Waals surface area (Å²) < 4.78 is 6.15. The second-order valence-electron chi connectivity index (χ2n) is 6.30. The minimum absolute atomic E-state index is 0.0625. The number of aromatic amines is 1. The Kier molecular flexibility index (Phi) is 5.66. The van der Waals surface area contributed by atoms with E-state index in [1.807, 2.05) is 24.3 Å². The molecule has 0 radical (unpaired) electrons. The Morgan fingerprint density at radius 3 is 2.38 bits per heavy atom. The summed E-state index contributed by atoms with van der Waals surface area (Å²) in [6.07, 6.45) is 1.63. The summed E-state index contributed by atoms with van der Waals surface area (Å²) in [6, 6.07) is 9.19. The quantitative estimate of drug-likeness (QED) is 0.698. The van der Waals surface area contributed by atoms with Crippen LogP contribution < -0.4 is 15.6 Å². The van der Waals surface area contributed by atoms with Gasteiger partial charge in [-0.25, -0.2) is 0 Å². The second-order valence-corrected chi connectivity index (χ2v) is 7.21. The fourth-order valence-corrected chi connectivity index (χ4v) is 2.27. The molecule has 128 valence electrons. The normalized spacial score (nSPS) is 11.0. The summed E-state index contributed by atoms with van der Waals surface area (Å²) in [7, 11) is 0. The lowest BCUT2D eigenvalue weighted by Gasteiger charge is -2.19. The molecular formula is C17H20BrN3O3. The summed E-state index contributed by atoms with van der Waals surface area (Å²) in [5, 5.41) is 0. The molecule has 0 fully saturated rings.